The monoisotopic (exact) mass is 164 g/mol. The zero-order chi connectivity index (χ0) is 8.97. The molecule has 0 aromatic rings. The molecule has 1 heteroatoms. The Kier molecular flexibility index (Phi) is 3.03. The first-order valence-electron chi connectivity index (χ1n) is 4.09. The average Bonchev–Trinajstić information content (AvgIpc) is 1.96. The fourth-order valence-corrected chi connectivity index (χ4v) is 1.14. The first kappa shape index (κ1) is 8.98. The molecule has 1 rings (SSSR count). The van der Waals surface area contributed by atoms with E-state index in [9.17, 15) is 4.39 Å². The van der Waals surface area contributed by atoms with Crippen molar-refractivity contribution >= 4 is 0 Å². The Bertz CT molecular complexity index is 267. The molecule has 0 aliphatic heterocycles. The van der Waals surface area contributed by atoms with Crippen molar-refractivity contribution < 1.29 is 4.39 Å². The van der Waals surface area contributed by atoms with Gasteiger partial charge in [-0.15, -0.1) is 0 Å². The summed E-state index contributed by atoms with van der Waals surface area (Å²) in [6.45, 7) is 5.55. The lowest BCUT2D eigenvalue weighted by Crippen LogP contribution is -1.87. The molecule has 12 heavy (non-hydrogen) atoms. The van der Waals surface area contributed by atoms with Gasteiger partial charge in [0.25, 0.3) is 0 Å². The highest BCUT2D eigenvalue weighted by molar-refractivity contribution is 5.40. The second-order valence-corrected chi connectivity index (χ2v) is 2.92. The van der Waals surface area contributed by atoms with Crippen molar-refractivity contribution in [3.05, 3.63) is 47.9 Å². The SMILES string of the molecule is C=C(C)C1=C(\F)CC/C=C/C=C\1. The maximum Gasteiger partial charge on any atom is 0.108 e. The molecular weight excluding hydrogens is 151 g/mol. The lowest BCUT2D eigenvalue weighted by atomic mass is 10.0. The van der Waals surface area contributed by atoms with Crippen LogP contribution < -0.4 is 0 Å². The van der Waals surface area contributed by atoms with E-state index in [4.69, 9.17) is 0 Å². The van der Waals surface area contributed by atoms with Crippen molar-refractivity contribution in [1.82, 2.24) is 0 Å². The summed E-state index contributed by atoms with van der Waals surface area (Å²) in [6.07, 6.45) is 8.78. The molecule has 0 spiro atoms. The molecular formula is C11H13F. The molecule has 0 amide bonds. The van der Waals surface area contributed by atoms with Gasteiger partial charge in [0, 0.05) is 12.0 Å². The van der Waals surface area contributed by atoms with Gasteiger partial charge in [0.05, 0.1) is 0 Å². The third-order valence-electron chi connectivity index (χ3n) is 1.79. The quantitative estimate of drug-likeness (QED) is 0.554. The van der Waals surface area contributed by atoms with Gasteiger partial charge in [0.15, 0.2) is 0 Å². The Morgan fingerprint density at radius 3 is 2.92 bits per heavy atom. The van der Waals surface area contributed by atoms with Crippen LogP contribution in [0, 0.1) is 0 Å². The number of hydrogen-bond acceptors (Lipinski definition) is 0. The topological polar surface area (TPSA) is 0 Å². The van der Waals surface area contributed by atoms with E-state index in [0.717, 1.165) is 12.0 Å². The largest absolute Gasteiger partial charge is 0.211 e. The van der Waals surface area contributed by atoms with Crippen LogP contribution in [0.2, 0.25) is 0 Å². The third kappa shape index (κ3) is 2.19. The fourth-order valence-electron chi connectivity index (χ4n) is 1.14. The van der Waals surface area contributed by atoms with E-state index < -0.39 is 0 Å². The van der Waals surface area contributed by atoms with Crippen molar-refractivity contribution in [1.29, 1.82) is 0 Å². The van der Waals surface area contributed by atoms with E-state index in [1.165, 1.54) is 0 Å². The van der Waals surface area contributed by atoms with Gasteiger partial charge in [0.2, 0.25) is 0 Å². The van der Waals surface area contributed by atoms with Crippen molar-refractivity contribution in [2.24, 2.45) is 0 Å². The average molecular weight is 164 g/mol. The summed E-state index contributed by atoms with van der Waals surface area (Å²) in [5, 5.41) is 0. The maximum absolute atomic E-state index is 13.3. The molecule has 0 saturated carbocycles. The van der Waals surface area contributed by atoms with Crippen LogP contribution in [0.3, 0.4) is 0 Å². The Hall–Kier alpha value is -1.11. The molecule has 0 fully saturated rings. The lowest BCUT2D eigenvalue weighted by molar-refractivity contribution is 0.584. The van der Waals surface area contributed by atoms with Gasteiger partial charge in [-0.2, -0.15) is 0 Å². The number of rotatable bonds is 1. The first-order chi connectivity index (χ1) is 5.72. The molecule has 0 bridgehead atoms. The third-order valence-corrected chi connectivity index (χ3v) is 1.79. The number of hydrogen-bond donors (Lipinski definition) is 0. The number of allylic oxidation sites excluding steroid dienone is 7. The summed E-state index contributed by atoms with van der Waals surface area (Å²) in [5.74, 6) is -0.0527. The van der Waals surface area contributed by atoms with Gasteiger partial charge in [0.1, 0.15) is 5.83 Å². The van der Waals surface area contributed by atoms with Crippen LogP contribution in [0.4, 0.5) is 4.39 Å². The van der Waals surface area contributed by atoms with E-state index in [-0.39, 0.29) is 5.83 Å². The molecule has 64 valence electrons. The summed E-state index contributed by atoms with van der Waals surface area (Å²) < 4.78 is 13.3. The maximum atomic E-state index is 13.3. The van der Waals surface area contributed by atoms with Crippen LogP contribution in [-0.2, 0) is 0 Å². The number of halogens is 1. The smallest absolute Gasteiger partial charge is 0.108 e. The van der Waals surface area contributed by atoms with Crippen LogP contribution >= 0.6 is 0 Å². The first-order valence-corrected chi connectivity index (χ1v) is 4.09. The van der Waals surface area contributed by atoms with Gasteiger partial charge in [-0.25, -0.2) is 4.39 Å². The highest BCUT2D eigenvalue weighted by Crippen LogP contribution is 2.21. The summed E-state index contributed by atoms with van der Waals surface area (Å²) >= 11 is 0. The molecule has 0 radical (unpaired) electrons. The molecule has 0 aromatic carbocycles. The molecule has 1 aliphatic carbocycles. The standard InChI is InChI=1S/C11H13F/c1-9(2)10-7-5-3-4-6-8-11(10)12/h3-5,7H,1,6,8H2,2H3/b4-3+,7-5-,11-10-. The minimum absolute atomic E-state index is 0.0527. The van der Waals surface area contributed by atoms with Crippen LogP contribution in [-0.4, -0.2) is 0 Å². The molecule has 0 nitrogen and oxygen atoms in total. The second-order valence-electron chi connectivity index (χ2n) is 2.92. The Morgan fingerprint density at radius 2 is 2.25 bits per heavy atom. The van der Waals surface area contributed by atoms with E-state index in [0.29, 0.717) is 12.0 Å². The highest BCUT2D eigenvalue weighted by atomic mass is 19.1. The van der Waals surface area contributed by atoms with Gasteiger partial charge >= 0.3 is 0 Å². The predicted molar refractivity (Wildman–Crippen MR) is 50.5 cm³/mol. The van der Waals surface area contributed by atoms with E-state index in [1.54, 1.807) is 6.08 Å². The van der Waals surface area contributed by atoms with Crippen molar-refractivity contribution in [3.63, 3.8) is 0 Å². The summed E-state index contributed by atoms with van der Waals surface area (Å²) in [7, 11) is 0. The summed E-state index contributed by atoms with van der Waals surface area (Å²) in [4.78, 5) is 0. The van der Waals surface area contributed by atoms with Crippen LogP contribution in [0.15, 0.2) is 47.9 Å². The zero-order valence-corrected chi connectivity index (χ0v) is 7.31. The Labute approximate surface area is 72.8 Å². The predicted octanol–water partition coefficient (Wildman–Crippen LogP) is 3.69. The van der Waals surface area contributed by atoms with E-state index in [1.807, 2.05) is 25.2 Å². The fraction of sp³-hybridized carbons (Fsp3) is 0.273. The normalized spacial score (nSPS) is 28.8. The molecule has 0 atom stereocenters. The van der Waals surface area contributed by atoms with Gasteiger partial charge in [-0.1, -0.05) is 30.9 Å². The van der Waals surface area contributed by atoms with E-state index >= 15 is 0 Å². The van der Waals surface area contributed by atoms with Crippen molar-refractivity contribution in [3.8, 4) is 0 Å². The van der Waals surface area contributed by atoms with E-state index in [2.05, 4.69) is 6.58 Å². The molecule has 0 saturated heterocycles. The van der Waals surface area contributed by atoms with Crippen LogP contribution in [0.5, 0.6) is 0 Å². The zero-order valence-electron chi connectivity index (χ0n) is 7.31. The van der Waals surface area contributed by atoms with Crippen molar-refractivity contribution in [2.75, 3.05) is 0 Å². The molecule has 0 unspecified atom stereocenters. The minimum atomic E-state index is -0.0527. The summed E-state index contributed by atoms with van der Waals surface area (Å²) in [6, 6.07) is 0. The second kappa shape index (κ2) is 4.05. The van der Waals surface area contributed by atoms with Crippen molar-refractivity contribution in [2.45, 2.75) is 19.8 Å². The molecule has 0 aromatic heterocycles. The van der Waals surface area contributed by atoms with Gasteiger partial charge < -0.3 is 0 Å². The molecule has 0 N–H and O–H groups in total. The lowest BCUT2D eigenvalue weighted by Gasteiger charge is -2.05. The highest BCUT2D eigenvalue weighted by Gasteiger charge is 2.04. The summed E-state index contributed by atoms with van der Waals surface area (Å²) in [5.41, 5.74) is 1.44. The van der Waals surface area contributed by atoms with Gasteiger partial charge in [-0.05, 0) is 18.9 Å². The van der Waals surface area contributed by atoms with Gasteiger partial charge in [-0.3, -0.25) is 0 Å². The molecule has 1 aliphatic rings. The minimum Gasteiger partial charge on any atom is -0.211 e. The van der Waals surface area contributed by atoms with Crippen LogP contribution in [0.1, 0.15) is 19.8 Å². The Morgan fingerprint density at radius 1 is 1.50 bits per heavy atom. The Balaban J connectivity index is 2.96. The van der Waals surface area contributed by atoms with Crippen LogP contribution in [0.25, 0.3) is 0 Å². The molecule has 0 heterocycles.